The molecule has 0 fully saturated rings. The minimum absolute atomic E-state index is 0.597. The van der Waals surface area contributed by atoms with Gasteiger partial charge < -0.3 is 9.26 Å². The molecule has 0 radical (unpaired) electrons. The number of hydrogen-bond acceptors (Lipinski definition) is 6. The Labute approximate surface area is 126 Å². The van der Waals surface area contributed by atoms with E-state index in [4.69, 9.17) is 9.26 Å². The number of para-hydroxylation sites is 1. The molecule has 3 aromatic rings. The van der Waals surface area contributed by atoms with E-state index >= 15 is 0 Å². The average Bonchev–Trinajstić information content (AvgIpc) is 2.99. The first-order valence-corrected chi connectivity index (χ1v) is 7.62. The van der Waals surface area contributed by atoms with Crippen molar-refractivity contribution >= 4 is 22.7 Å². The zero-order valence-electron chi connectivity index (χ0n) is 11.7. The number of ether oxygens (including phenoxy) is 1. The molecule has 0 saturated carbocycles. The van der Waals surface area contributed by atoms with Crippen LogP contribution in [-0.4, -0.2) is 28.8 Å². The minimum Gasteiger partial charge on any atom is -0.384 e. The number of hydrogen-bond donors (Lipinski definition) is 0. The molecule has 2 aromatic heterocycles. The van der Waals surface area contributed by atoms with Crippen molar-refractivity contribution < 1.29 is 9.26 Å². The normalized spacial score (nSPS) is 11.1. The van der Waals surface area contributed by atoms with Gasteiger partial charge in [0.25, 0.3) is 0 Å². The Hall–Kier alpha value is -1.92. The maximum absolute atomic E-state index is 5.24. The zero-order chi connectivity index (χ0) is 14.5. The van der Waals surface area contributed by atoms with Gasteiger partial charge in [0.15, 0.2) is 5.82 Å². The molecule has 0 atom stereocenters. The third-order valence-electron chi connectivity index (χ3n) is 2.99. The maximum atomic E-state index is 5.24. The number of rotatable bonds is 6. The van der Waals surface area contributed by atoms with E-state index in [0.717, 1.165) is 15.8 Å². The summed E-state index contributed by atoms with van der Waals surface area (Å²) in [5.74, 6) is 1.94. The third-order valence-corrected chi connectivity index (χ3v) is 4.02. The van der Waals surface area contributed by atoms with Gasteiger partial charge in [0.1, 0.15) is 0 Å². The number of nitrogens with zero attached hydrogens (tertiary/aromatic N) is 3. The van der Waals surface area contributed by atoms with Crippen LogP contribution >= 0.6 is 11.8 Å². The van der Waals surface area contributed by atoms with Crippen LogP contribution in [0.15, 0.2) is 45.9 Å². The van der Waals surface area contributed by atoms with Crippen molar-refractivity contribution in [1.82, 2.24) is 15.1 Å². The summed E-state index contributed by atoms with van der Waals surface area (Å²) >= 11 is 1.65. The van der Waals surface area contributed by atoms with Gasteiger partial charge in [0.05, 0.1) is 17.9 Å². The molecule has 0 saturated heterocycles. The SMILES string of the molecule is COCCc1noc(CSc2cccc3cccnc23)n1. The lowest BCUT2D eigenvalue weighted by Crippen LogP contribution is -1.96. The molecule has 21 heavy (non-hydrogen) atoms. The van der Waals surface area contributed by atoms with Gasteiger partial charge in [-0.15, -0.1) is 11.8 Å². The minimum atomic E-state index is 0.597. The Morgan fingerprint density at radius 1 is 1.24 bits per heavy atom. The van der Waals surface area contributed by atoms with E-state index in [1.165, 1.54) is 0 Å². The molecule has 6 heteroatoms. The van der Waals surface area contributed by atoms with E-state index in [-0.39, 0.29) is 0 Å². The molecule has 2 heterocycles. The highest BCUT2D eigenvalue weighted by Gasteiger charge is 2.08. The highest BCUT2D eigenvalue weighted by Crippen LogP contribution is 2.28. The highest BCUT2D eigenvalue weighted by atomic mass is 32.2. The monoisotopic (exact) mass is 301 g/mol. The molecule has 0 N–H and O–H groups in total. The summed E-state index contributed by atoms with van der Waals surface area (Å²) in [6, 6.07) is 10.1. The van der Waals surface area contributed by atoms with Crippen LogP contribution in [-0.2, 0) is 16.9 Å². The van der Waals surface area contributed by atoms with Crippen molar-refractivity contribution in [2.24, 2.45) is 0 Å². The first kappa shape index (κ1) is 14.0. The summed E-state index contributed by atoms with van der Waals surface area (Å²) in [4.78, 5) is 9.89. The van der Waals surface area contributed by atoms with Crippen LogP contribution in [0.2, 0.25) is 0 Å². The van der Waals surface area contributed by atoms with E-state index in [0.29, 0.717) is 30.5 Å². The molecule has 3 rings (SSSR count). The predicted octanol–water partition coefficient (Wildman–Crippen LogP) is 3.10. The van der Waals surface area contributed by atoms with Crippen LogP contribution in [0, 0.1) is 0 Å². The number of pyridine rings is 1. The Morgan fingerprint density at radius 2 is 2.14 bits per heavy atom. The van der Waals surface area contributed by atoms with Crippen LogP contribution in [0.4, 0.5) is 0 Å². The first-order chi connectivity index (χ1) is 10.4. The first-order valence-electron chi connectivity index (χ1n) is 6.64. The number of methoxy groups -OCH3 is 1. The van der Waals surface area contributed by atoms with Gasteiger partial charge in [-0.3, -0.25) is 4.98 Å². The van der Waals surface area contributed by atoms with E-state index in [1.54, 1.807) is 18.9 Å². The zero-order valence-corrected chi connectivity index (χ0v) is 12.5. The summed E-state index contributed by atoms with van der Waals surface area (Å²) in [7, 11) is 1.66. The second-order valence-electron chi connectivity index (χ2n) is 4.47. The Morgan fingerprint density at radius 3 is 3.05 bits per heavy atom. The lowest BCUT2D eigenvalue weighted by Gasteiger charge is -2.03. The van der Waals surface area contributed by atoms with Gasteiger partial charge >= 0.3 is 0 Å². The van der Waals surface area contributed by atoms with Gasteiger partial charge in [-0.1, -0.05) is 23.4 Å². The molecule has 0 amide bonds. The topological polar surface area (TPSA) is 61.0 Å². The molecule has 0 aliphatic heterocycles. The van der Waals surface area contributed by atoms with Crippen LogP contribution < -0.4 is 0 Å². The van der Waals surface area contributed by atoms with Gasteiger partial charge in [-0.2, -0.15) is 4.98 Å². The van der Waals surface area contributed by atoms with Crippen LogP contribution in [0.5, 0.6) is 0 Å². The molecule has 0 aliphatic carbocycles. The van der Waals surface area contributed by atoms with Crippen molar-refractivity contribution in [3.05, 3.63) is 48.2 Å². The quantitative estimate of drug-likeness (QED) is 0.652. The van der Waals surface area contributed by atoms with Crippen LogP contribution in [0.25, 0.3) is 10.9 Å². The molecule has 0 unspecified atom stereocenters. The fourth-order valence-corrected chi connectivity index (χ4v) is 2.85. The van der Waals surface area contributed by atoms with Gasteiger partial charge in [-0.05, 0) is 12.1 Å². The molecular formula is C15H15N3O2S. The highest BCUT2D eigenvalue weighted by molar-refractivity contribution is 7.98. The molecule has 0 bridgehead atoms. The molecular weight excluding hydrogens is 286 g/mol. The second-order valence-corrected chi connectivity index (χ2v) is 5.48. The number of thioether (sulfide) groups is 1. The maximum Gasteiger partial charge on any atom is 0.237 e. The average molecular weight is 301 g/mol. The standard InChI is InChI=1S/C15H15N3O2S/c1-19-9-7-13-17-14(20-18-13)10-21-12-6-2-4-11-5-3-8-16-15(11)12/h2-6,8H,7,9-10H2,1H3. The van der Waals surface area contributed by atoms with Crippen molar-refractivity contribution in [2.75, 3.05) is 13.7 Å². The molecule has 0 spiro atoms. The number of fused-ring (bicyclic) bond motifs is 1. The second kappa shape index (κ2) is 6.69. The molecule has 108 valence electrons. The summed E-state index contributed by atoms with van der Waals surface area (Å²) in [6.45, 7) is 0.597. The van der Waals surface area contributed by atoms with Crippen molar-refractivity contribution in [1.29, 1.82) is 0 Å². The summed E-state index contributed by atoms with van der Waals surface area (Å²) in [6.07, 6.45) is 2.47. The van der Waals surface area contributed by atoms with E-state index in [9.17, 15) is 0 Å². The number of aromatic nitrogens is 3. The van der Waals surface area contributed by atoms with E-state index in [2.05, 4.69) is 33.3 Å². The largest absolute Gasteiger partial charge is 0.384 e. The van der Waals surface area contributed by atoms with Gasteiger partial charge in [-0.25, -0.2) is 0 Å². The van der Waals surface area contributed by atoms with Crippen molar-refractivity contribution in [3.8, 4) is 0 Å². The molecule has 1 aromatic carbocycles. The summed E-state index contributed by atoms with van der Waals surface area (Å²) < 4.78 is 10.2. The smallest absolute Gasteiger partial charge is 0.237 e. The Kier molecular flexibility index (Phi) is 4.47. The van der Waals surface area contributed by atoms with Crippen molar-refractivity contribution in [2.45, 2.75) is 17.1 Å². The van der Waals surface area contributed by atoms with Crippen LogP contribution in [0.3, 0.4) is 0 Å². The van der Waals surface area contributed by atoms with E-state index < -0.39 is 0 Å². The predicted molar refractivity (Wildman–Crippen MR) is 81.2 cm³/mol. The molecule has 5 nitrogen and oxygen atoms in total. The lowest BCUT2D eigenvalue weighted by atomic mass is 10.2. The number of benzene rings is 1. The Balaban J connectivity index is 1.70. The van der Waals surface area contributed by atoms with E-state index in [1.807, 2.05) is 18.3 Å². The summed E-state index contributed by atoms with van der Waals surface area (Å²) in [5.41, 5.74) is 1.00. The van der Waals surface area contributed by atoms with Crippen LogP contribution in [0.1, 0.15) is 11.7 Å². The lowest BCUT2D eigenvalue weighted by molar-refractivity contribution is 0.199. The third kappa shape index (κ3) is 3.40. The van der Waals surface area contributed by atoms with Gasteiger partial charge in [0.2, 0.25) is 5.89 Å². The fraction of sp³-hybridized carbons (Fsp3) is 0.267. The fourth-order valence-electron chi connectivity index (χ4n) is 1.98. The Bertz CT molecular complexity index is 724. The summed E-state index contributed by atoms with van der Waals surface area (Å²) in [5, 5.41) is 5.07. The van der Waals surface area contributed by atoms with Crippen molar-refractivity contribution in [3.63, 3.8) is 0 Å². The molecule has 0 aliphatic rings. The van der Waals surface area contributed by atoms with Gasteiger partial charge in [0, 0.05) is 30.0 Å².